The number of guanidine groups is 1. The van der Waals surface area contributed by atoms with Crippen molar-refractivity contribution in [1.29, 1.82) is 0 Å². The summed E-state index contributed by atoms with van der Waals surface area (Å²) in [7, 11) is 0. The van der Waals surface area contributed by atoms with E-state index in [2.05, 4.69) is 20.9 Å². The van der Waals surface area contributed by atoms with Gasteiger partial charge in [0, 0.05) is 13.0 Å². The summed E-state index contributed by atoms with van der Waals surface area (Å²) in [6.07, 6.45) is 1.07. The maximum absolute atomic E-state index is 13.1. The van der Waals surface area contributed by atoms with Crippen molar-refractivity contribution in [1.82, 2.24) is 16.0 Å². The molecule has 3 unspecified atom stereocenters. The van der Waals surface area contributed by atoms with Gasteiger partial charge in [-0.3, -0.25) is 24.2 Å². The summed E-state index contributed by atoms with van der Waals surface area (Å²) in [5, 5.41) is 25.9. The van der Waals surface area contributed by atoms with Crippen molar-refractivity contribution >= 4 is 29.7 Å². The minimum absolute atomic E-state index is 0.0236. The number of phenols is 1. The van der Waals surface area contributed by atoms with Gasteiger partial charge < -0.3 is 43.4 Å². The summed E-state index contributed by atoms with van der Waals surface area (Å²) in [6, 6.07) is 3.02. The highest BCUT2D eigenvalue weighted by molar-refractivity contribution is 5.93. The zero-order valence-electron chi connectivity index (χ0n) is 20.6. The van der Waals surface area contributed by atoms with E-state index in [0.29, 0.717) is 24.9 Å². The summed E-state index contributed by atoms with van der Waals surface area (Å²) in [5.41, 5.74) is 17.1. The van der Waals surface area contributed by atoms with Gasteiger partial charge in [-0.15, -0.1) is 0 Å². The molecule has 1 aromatic rings. The molecule has 0 radical (unpaired) electrons. The number of hydrogen-bond donors (Lipinski definition) is 8. The van der Waals surface area contributed by atoms with Gasteiger partial charge in [-0.2, -0.15) is 0 Å². The first-order valence-corrected chi connectivity index (χ1v) is 11.6. The largest absolute Gasteiger partial charge is 0.508 e. The first-order valence-electron chi connectivity index (χ1n) is 11.6. The van der Waals surface area contributed by atoms with Crippen LogP contribution in [0.3, 0.4) is 0 Å². The van der Waals surface area contributed by atoms with Gasteiger partial charge in [0.05, 0.1) is 6.04 Å². The van der Waals surface area contributed by atoms with Crippen molar-refractivity contribution in [2.24, 2.45) is 28.1 Å². The van der Waals surface area contributed by atoms with Crippen molar-refractivity contribution in [3.05, 3.63) is 29.8 Å². The van der Waals surface area contributed by atoms with Crippen LogP contribution < -0.4 is 33.2 Å². The minimum Gasteiger partial charge on any atom is -0.508 e. The summed E-state index contributed by atoms with van der Waals surface area (Å²) >= 11 is 0. The maximum atomic E-state index is 13.1. The molecule has 0 heterocycles. The lowest BCUT2D eigenvalue weighted by Crippen LogP contribution is -2.56. The Morgan fingerprint density at radius 3 is 2.14 bits per heavy atom. The van der Waals surface area contributed by atoms with E-state index < -0.39 is 48.4 Å². The molecule has 13 heteroatoms. The molecule has 0 spiro atoms. The molecule has 200 valence electrons. The Hall–Kier alpha value is -3.87. The Morgan fingerprint density at radius 2 is 1.58 bits per heavy atom. The van der Waals surface area contributed by atoms with Gasteiger partial charge in [0.1, 0.15) is 24.4 Å². The number of benzene rings is 1. The molecule has 3 atom stereocenters. The zero-order chi connectivity index (χ0) is 27.3. The van der Waals surface area contributed by atoms with Gasteiger partial charge in [-0.25, -0.2) is 0 Å². The highest BCUT2D eigenvalue weighted by Gasteiger charge is 2.29. The van der Waals surface area contributed by atoms with Crippen LogP contribution in [0.4, 0.5) is 0 Å². The minimum atomic E-state index is -1.24. The molecule has 13 nitrogen and oxygen atoms in total. The lowest BCUT2D eigenvalue weighted by atomic mass is 10.0. The Balaban J connectivity index is 2.93. The SMILES string of the molecule is CC(C)CC(NC(=O)C(N)CCCN=C(N)N)C(=O)NC(Cc1ccc(O)cc1)C(=O)NCC(=O)O. The van der Waals surface area contributed by atoms with Crippen molar-refractivity contribution in [2.45, 2.75) is 57.7 Å². The van der Waals surface area contributed by atoms with E-state index in [1.54, 1.807) is 12.1 Å². The Morgan fingerprint density at radius 1 is 0.972 bits per heavy atom. The normalized spacial score (nSPS) is 13.2. The average Bonchev–Trinajstić information content (AvgIpc) is 2.79. The first kappa shape index (κ1) is 30.2. The number of rotatable bonds is 15. The third-order valence-electron chi connectivity index (χ3n) is 5.07. The molecule has 11 N–H and O–H groups in total. The van der Waals surface area contributed by atoms with Crippen molar-refractivity contribution in [3.8, 4) is 5.75 Å². The number of carbonyl (C=O) groups is 4. The van der Waals surface area contributed by atoms with Gasteiger partial charge in [-0.1, -0.05) is 26.0 Å². The van der Waals surface area contributed by atoms with Crippen LogP contribution >= 0.6 is 0 Å². The van der Waals surface area contributed by atoms with Gasteiger partial charge in [-0.05, 0) is 42.9 Å². The summed E-state index contributed by atoms with van der Waals surface area (Å²) in [6.45, 7) is 3.43. The number of aromatic hydroxyl groups is 1. The predicted molar refractivity (Wildman–Crippen MR) is 134 cm³/mol. The number of nitrogens with one attached hydrogen (secondary N) is 3. The van der Waals surface area contributed by atoms with E-state index in [9.17, 15) is 24.3 Å². The summed E-state index contributed by atoms with van der Waals surface area (Å²) in [5.74, 6) is -3.10. The third-order valence-corrected chi connectivity index (χ3v) is 5.07. The molecule has 1 rings (SSSR count). The number of hydrogen-bond acceptors (Lipinski definition) is 7. The van der Waals surface area contributed by atoms with Gasteiger partial charge in [0.2, 0.25) is 17.7 Å². The molecule has 3 amide bonds. The van der Waals surface area contributed by atoms with Gasteiger partial charge in [0.25, 0.3) is 0 Å². The van der Waals surface area contributed by atoms with Crippen LogP contribution in [-0.4, -0.2) is 71.1 Å². The number of nitrogens with zero attached hydrogens (tertiary/aromatic N) is 1. The third kappa shape index (κ3) is 12.0. The molecule has 0 aliphatic rings. The van der Waals surface area contributed by atoms with Crippen molar-refractivity contribution in [3.63, 3.8) is 0 Å². The smallest absolute Gasteiger partial charge is 0.322 e. The lowest BCUT2D eigenvalue weighted by Gasteiger charge is -2.25. The van der Waals surface area contributed by atoms with E-state index in [1.165, 1.54) is 12.1 Å². The van der Waals surface area contributed by atoms with E-state index in [0.717, 1.165) is 0 Å². The number of carboxylic acid groups (broad SMARTS) is 1. The second kappa shape index (κ2) is 15.2. The van der Waals surface area contributed by atoms with Crippen LogP contribution in [0.2, 0.25) is 0 Å². The topological polar surface area (TPSA) is 235 Å². The van der Waals surface area contributed by atoms with Crippen LogP contribution in [0.1, 0.15) is 38.7 Å². The van der Waals surface area contributed by atoms with Crippen LogP contribution in [0, 0.1) is 5.92 Å². The maximum Gasteiger partial charge on any atom is 0.322 e. The molecule has 0 aromatic heterocycles. The number of nitrogens with two attached hydrogens (primary N) is 3. The molecule has 0 aliphatic heterocycles. The van der Waals surface area contributed by atoms with E-state index >= 15 is 0 Å². The molecular formula is C23H37N7O6. The number of aliphatic imine (C=N–C) groups is 1. The molecule has 0 saturated carbocycles. The predicted octanol–water partition coefficient (Wildman–Crippen LogP) is -1.47. The highest BCUT2D eigenvalue weighted by Crippen LogP contribution is 2.12. The lowest BCUT2D eigenvalue weighted by molar-refractivity contribution is -0.138. The Kier molecular flexibility index (Phi) is 12.7. The second-order valence-corrected chi connectivity index (χ2v) is 8.79. The Bertz CT molecular complexity index is 916. The molecular weight excluding hydrogens is 470 g/mol. The van der Waals surface area contributed by atoms with Crippen molar-refractivity contribution in [2.75, 3.05) is 13.1 Å². The number of carboxylic acids is 1. The van der Waals surface area contributed by atoms with E-state index in [1.807, 2.05) is 13.8 Å². The first-order chi connectivity index (χ1) is 16.9. The van der Waals surface area contributed by atoms with E-state index in [4.69, 9.17) is 22.3 Å². The van der Waals surface area contributed by atoms with Gasteiger partial charge in [0.15, 0.2) is 5.96 Å². The summed E-state index contributed by atoms with van der Waals surface area (Å²) < 4.78 is 0. The fraction of sp³-hybridized carbons (Fsp3) is 0.522. The quantitative estimate of drug-likeness (QED) is 0.0784. The Labute approximate surface area is 209 Å². The molecule has 0 fully saturated rings. The monoisotopic (exact) mass is 507 g/mol. The standard InChI is InChI=1S/C23H37N7O6/c1-13(2)10-17(29-20(34)16(24)4-3-9-27-23(25)26)22(36)30-18(21(35)28-12-19(32)33)11-14-5-7-15(31)8-6-14/h5-8,13,16-18,31H,3-4,9-12,24H2,1-2H3,(H,28,35)(H,29,34)(H,30,36)(H,32,33)(H4,25,26,27). The van der Waals surface area contributed by atoms with Crippen molar-refractivity contribution < 1.29 is 29.4 Å². The van der Waals surface area contributed by atoms with Crippen LogP contribution in [-0.2, 0) is 25.6 Å². The average molecular weight is 508 g/mol. The fourth-order valence-electron chi connectivity index (χ4n) is 3.27. The van der Waals surface area contributed by atoms with Crippen LogP contribution in [0.5, 0.6) is 5.75 Å². The molecule has 36 heavy (non-hydrogen) atoms. The zero-order valence-corrected chi connectivity index (χ0v) is 20.6. The van der Waals surface area contributed by atoms with E-state index in [-0.39, 0.29) is 30.5 Å². The van der Waals surface area contributed by atoms with Crippen LogP contribution in [0.15, 0.2) is 29.3 Å². The number of aliphatic carboxylic acids is 1. The molecule has 0 bridgehead atoms. The molecule has 0 aliphatic carbocycles. The molecule has 1 aromatic carbocycles. The highest BCUT2D eigenvalue weighted by atomic mass is 16.4. The van der Waals surface area contributed by atoms with Crippen LogP contribution in [0.25, 0.3) is 0 Å². The summed E-state index contributed by atoms with van der Waals surface area (Å²) in [4.78, 5) is 53.1. The number of phenolic OH excluding ortho intramolecular Hbond substituents is 1. The molecule has 0 saturated heterocycles. The van der Waals surface area contributed by atoms with Gasteiger partial charge >= 0.3 is 5.97 Å². The second-order valence-electron chi connectivity index (χ2n) is 8.79. The number of amides is 3. The number of carbonyl (C=O) groups excluding carboxylic acids is 3. The fourth-order valence-corrected chi connectivity index (χ4v) is 3.27.